The molecule has 0 heterocycles. The lowest BCUT2D eigenvalue weighted by Gasteiger charge is -2.45. The van der Waals surface area contributed by atoms with Crippen LogP contribution in [0.4, 0.5) is 0 Å². The molecule has 0 aliphatic heterocycles. The van der Waals surface area contributed by atoms with Gasteiger partial charge >= 0.3 is 258 Å². The largest absolute Gasteiger partial charge is 0.483 e. The normalized spacial score (nSPS) is 15.9. The van der Waals surface area contributed by atoms with Crippen LogP contribution >= 0.6 is 0 Å². The minimum Gasteiger partial charge on any atom is -0.440 e. The van der Waals surface area contributed by atoms with Crippen molar-refractivity contribution in [3.63, 3.8) is 0 Å². The third-order valence-corrected chi connectivity index (χ3v) is 130. The summed E-state index contributed by atoms with van der Waals surface area (Å²) in [4.78, 5) is 10.5. The predicted molar refractivity (Wildman–Crippen MR) is 588 cm³/mol. The fourth-order valence-electron chi connectivity index (χ4n) is 18.0. The van der Waals surface area contributed by atoms with E-state index in [-0.39, 0.29) is 0 Å². The SMILES string of the molecule is CO[SiH](OC)OC.C[SiH](C)O[Si](C)(C)O[Si](C)(C)O[Si](C)(C)O[Si](C)(C)O[Si](C)(C)O[Si](C)(C)O[Si](C)(C)O[Si](C)(C)O[Si](C)(C)O[Si](C)(C)O[Si](C)(C)O[Si](C)(C)O[Si](C)(C)O[Si](C)(C)O[Si](C)(C)O[Si](C)(C)O[Si](C)(C)O[Si](C)(C)O[Si](C)(C)O[Si](C)(C)O[Si](C)(C)O[Si](C)(C)O[Si](C)(C)O[Si](C)(C)O[Si](C)(C)O[Si](C)(C)O[Si](C)(C)O[Si](C)(C)O[Si](C)(C)O. The van der Waals surface area contributed by atoms with Crippen LogP contribution in [-0.2, 0) is 133 Å². The molecule has 0 rings (SSSR count). The van der Waals surface area contributed by atoms with E-state index in [0.29, 0.717) is 0 Å². The van der Waals surface area contributed by atoms with Crippen molar-refractivity contribution in [1.29, 1.82) is 0 Å². The van der Waals surface area contributed by atoms with Gasteiger partial charge in [0.2, 0.25) is 0 Å². The molecular weight excluding hydrogens is 2160 g/mol. The van der Waals surface area contributed by atoms with Crippen LogP contribution in [-0.4, -0.2) is 293 Å². The third kappa shape index (κ3) is 64.7. The van der Waals surface area contributed by atoms with E-state index in [0.717, 1.165) is 0 Å². The second-order valence-corrected chi connectivity index (χ2v) is 155. The molecule has 0 bridgehead atoms. The number of rotatable bonds is 61. The van der Waals surface area contributed by atoms with E-state index in [1.54, 1.807) is 34.4 Å². The molecule has 0 amide bonds. The van der Waals surface area contributed by atoms with Crippen LogP contribution in [0.3, 0.4) is 0 Å². The molecule has 0 saturated carbocycles. The molecule has 0 aliphatic carbocycles. The molecule has 0 aromatic rings. The Morgan fingerprint density at radius 2 is 0.197 bits per heavy atom. The fourth-order valence-corrected chi connectivity index (χ4v) is 171. The summed E-state index contributed by atoms with van der Waals surface area (Å²) in [7, 11) is -80.8. The molecule has 0 aromatic heterocycles. The topological polar surface area (TPSA) is 316 Å². The lowest BCUT2D eigenvalue weighted by atomic mass is 11.8. The zero-order valence-electron chi connectivity index (χ0n) is 92.2. The van der Waals surface area contributed by atoms with Crippen molar-refractivity contribution < 1.29 is 137 Å². The van der Waals surface area contributed by atoms with E-state index in [4.69, 9.17) is 133 Å². The van der Waals surface area contributed by atoms with Crippen LogP contribution in [0.15, 0.2) is 0 Å². The first-order chi connectivity index (χ1) is 54.6. The van der Waals surface area contributed by atoms with Crippen molar-refractivity contribution >= 4 is 267 Å². The summed E-state index contributed by atoms with van der Waals surface area (Å²) in [6, 6.07) is 0. The van der Waals surface area contributed by atoms with Crippen molar-refractivity contribution in [3.05, 3.63) is 0 Å². The van der Waals surface area contributed by atoms with Gasteiger partial charge in [-0.25, -0.2) is 0 Å². The molecule has 0 atom stereocenters. The van der Waals surface area contributed by atoms with Gasteiger partial charge in [-0.2, -0.15) is 0 Å². The maximum absolute atomic E-state index is 10.5. The van der Waals surface area contributed by atoms with E-state index >= 15 is 0 Å². The van der Waals surface area contributed by atoms with Crippen molar-refractivity contribution in [2.45, 2.75) is 393 Å². The summed E-state index contributed by atoms with van der Waals surface area (Å²) in [6.45, 7) is 122. The average Bonchev–Trinajstić information content (AvgIpc) is 0.798. The highest BCUT2D eigenvalue weighted by atomic mass is 28.6. The average molecular weight is 2350 g/mol. The molecule has 766 valence electrons. The van der Waals surface area contributed by atoms with E-state index in [9.17, 15) is 4.80 Å². The van der Waals surface area contributed by atoms with Gasteiger partial charge < -0.3 is 137 Å². The number of hydrogen-bond acceptors (Lipinski definition) is 33. The van der Waals surface area contributed by atoms with Gasteiger partial charge in [-0.1, -0.05) is 0 Å². The Kier molecular flexibility index (Phi) is 50.0. The Bertz CT molecular complexity index is 3230. The van der Waals surface area contributed by atoms with Gasteiger partial charge in [0.15, 0.2) is 9.04 Å². The minimum atomic E-state index is -2.94. The van der Waals surface area contributed by atoms with Crippen LogP contribution in [0.2, 0.25) is 393 Å². The van der Waals surface area contributed by atoms with Gasteiger partial charge in [0.1, 0.15) is 0 Å². The summed E-state index contributed by atoms with van der Waals surface area (Å²) in [5.74, 6) is 0. The molecule has 0 unspecified atom stereocenters. The van der Waals surface area contributed by atoms with E-state index < -0.39 is 267 Å². The maximum Gasteiger partial charge on any atom is 0.483 e. The molecule has 127 heavy (non-hydrogen) atoms. The second-order valence-electron chi connectivity index (χ2n) is 45.7. The zero-order valence-corrected chi connectivity index (χ0v) is 123. The smallest absolute Gasteiger partial charge is 0.440 e. The summed E-state index contributed by atoms with van der Waals surface area (Å²) in [5.41, 5.74) is 0. The van der Waals surface area contributed by atoms with Crippen molar-refractivity contribution in [1.82, 2.24) is 0 Å². The Morgan fingerprint density at radius 3 is 0.252 bits per heavy atom. The van der Waals surface area contributed by atoms with Crippen LogP contribution in [0.25, 0.3) is 0 Å². The van der Waals surface area contributed by atoms with Crippen molar-refractivity contribution in [2.75, 3.05) is 21.3 Å². The van der Waals surface area contributed by atoms with Gasteiger partial charge in [0.25, 0.3) is 0 Å². The molecular formula is C63H192O33Si31. The highest BCUT2D eigenvalue weighted by molar-refractivity contribution is 6.99. The van der Waals surface area contributed by atoms with Gasteiger partial charge in [0.05, 0.1) is 0 Å². The van der Waals surface area contributed by atoms with E-state index in [1.165, 1.54) is 0 Å². The quantitative estimate of drug-likeness (QED) is 0.0553. The first-order valence-corrected chi connectivity index (χ1v) is 130. The van der Waals surface area contributed by atoms with Gasteiger partial charge in [-0.3, -0.25) is 0 Å². The Morgan fingerprint density at radius 1 is 0.126 bits per heavy atom. The molecule has 64 heteroatoms. The van der Waals surface area contributed by atoms with E-state index in [2.05, 4.69) is 196 Å². The highest BCUT2D eigenvalue weighted by Gasteiger charge is 2.58. The third-order valence-electron chi connectivity index (χ3n) is 14.9. The maximum atomic E-state index is 10.5. The summed E-state index contributed by atoms with van der Waals surface area (Å²) < 4.78 is 214. The first kappa shape index (κ1) is 134. The van der Waals surface area contributed by atoms with Gasteiger partial charge in [-0.05, 0) is 393 Å². The standard InChI is InChI=1S/C60H182O30Si30.C3H10O3Si/c1-91(2)62-93(5,6)64-95(9,10)66-97(13,14)68-99(17,18)70-101(21,22)72-103(25,26)74-105(29,30)76-107(33,34)78-109(37,38)80-111(41,42)82-113(45,46)84-115(49,50)86-117(53,54)88-119(57,58)90-120(59,60)89-118(55,56)87-116(51,52)85-114(47,48)83-112(43,44)81-110(39,40)79-108(35,36)77-106(31,32)75-104(27,28)73-102(23,24)71-100(19,20)69-98(15,16)67-96(11,12)65-94(7,8)63-92(3,4)61;1-4-7(5-2)6-3/h61,91H,1-60H3;7H,1-3H3. The molecule has 0 radical (unpaired) electrons. The molecule has 1 N–H and O–H groups in total. The Labute approximate surface area is 810 Å². The zero-order chi connectivity index (χ0) is 102. The Balaban J connectivity index is 0. The fraction of sp³-hybridized carbons (Fsp3) is 1.00. The first-order valence-electron chi connectivity index (χ1n) is 44.2. The Hall–Kier alpha value is 5.40. The van der Waals surface area contributed by atoms with Crippen molar-refractivity contribution in [2.24, 2.45) is 0 Å². The lowest BCUT2D eigenvalue weighted by molar-refractivity contribution is 0.163. The van der Waals surface area contributed by atoms with Gasteiger partial charge in [0, 0.05) is 21.3 Å². The number of hydrogen-bond donors (Lipinski definition) is 1. The van der Waals surface area contributed by atoms with Crippen molar-refractivity contribution in [3.8, 4) is 0 Å². The predicted octanol–water partition coefficient (Wildman–Crippen LogP) is 20.4. The molecule has 0 aliphatic rings. The summed E-state index contributed by atoms with van der Waals surface area (Å²) in [6.07, 6.45) is 0. The van der Waals surface area contributed by atoms with Gasteiger partial charge in [-0.15, -0.1) is 0 Å². The molecule has 0 fully saturated rings. The van der Waals surface area contributed by atoms with Crippen LogP contribution in [0.1, 0.15) is 0 Å². The van der Waals surface area contributed by atoms with Crippen LogP contribution in [0, 0.1) is 0 Å². The minimum absolute atomic E-state index is 1.29. The molecule has 0 spiro atoms. The monoisotopic (exact) mass is 2340 g/mol. The van der Waals surface area contributed by atoms with E-state index in [1.807, 2.05) is 183 Å². The van der Waals surface area contributed by atoms with Crippen LogP contribution in [0.5, 0.6) is 0 Å². The van der Waals surface area contributed by atoms with Crippen LogP contribution < -0.4 is 0 Å². The molecule has 0 aromatic carbocycles. The molecule has 33 nitrogen and oxygen atoms in total. The summed E-state index contributed by atoms with van der Waals surface area (Å²) in [5, 5.41) is 0. The lowest BCUT2D eigenvalue weighted by Crippen LogP contribution is -2.63. The summed E-state index contributed by atoms with van der Waals surface area (Å²) >= 11 is 0. The highest BCUT2D eigenvalue weighted by Crippen LogP contribution is 2.38. The second kappa shape index (κ2) is 47.3. The molecule has 0 saturated heterocycles.